The van der Waals surface area contributed by atoms with Crippen LogP contribution in [0.5, 0.6) is 5.75 Å². The summed E-state index contributed by atoms with van der Waals surface area (Å²) in [6.07, 6.45) is 3.61. The number of rotatable bonds is 5. The summed E-state index contributed by atoms with van der Waals surface area (Å²) in [7, 11) is 0. The maximum Gasteiger partial charge on any atom is 0.230 e. The first-order valence-corrected chi connectivity index (χ1v) is 9.64. The molecule has 28 heavy (non-hydrogen) atoms. The summed E-state index contributed by atoms with van der Waals surface area (Å²) in [4.78, 5) is 4.69. The minimum atomic E-state index is 0. The highest BCUT2D eigenvalue weighted by atomic mass is 35.5. The molecule has 5 nitrogen and oxygen atoms in total. The van der Waals surface area contributed by atoms with E-state index in [1.807, 2.05) is 42.5 Å². The lowest BCUT2D eigenvalue weighted by Gasteiger charge is -2.22. The van der Waals surface area contributed by atoms with E-state index >= 15 is 0 Å². The van der Waals surface area contributed by atoms with Crippen molar-refractivity contribution in [2.24, 2.45) is 5.41 Å². The van der Waals surface area contributed by atoms with E-state index in [1.165, 1.54) is 19.3 Å². The fraction of sp³-hybridized carbons (Fsp3) is 0.364. The molecule has 1 N–H and O–H groups in total. The molecule has 0 radical (unpaired) electrons. The van der Waals surface area contributed by atoms with Gasteiger partial charge < -0.3 is 14.6 Å². The van der Waals surface area contributed by atoms with Crippen molar-refractivity contribution in [3.8, 4) is 17.1 Å². The van der Waals surface area contributed by atoms with Crippen LogP contribution in [0.1, 0.15) is 36.6 Å². The molecule has 1 atom stereocenters. The van der Waals surface area contributed by atoms with Gasteiger partial charge in [-0.15, -0.1) is 12.4 Å². The molecular formula is C22H24ClN3O2. The molecule has 1 unspecified atom stereocenters. The summed E-state index contributed by atoms with van der Waals surface area (Å²) in [5.74, 6) is 2.81. The summed E-state index contributed by atoms with van der Waals surface area (Å²) in [5.41, 5.74) is 2.50. The van der Waals surface area contributed by atoms with Crippen LogP contribution in [0.2, 0.25) is 0 Å². The lowest BCUT2D eigenvalue weighted by atomic mass is 9.92. The average molecular weight is 398 g/mol. The number of nitrogens with zero attached hydrogens (tertiary/aromatic N) is 2. The summed E-state index contributed by atoms with van der Waals surface area (Å²) >= 11 is 0. The molecule has 3 aromatic rings. The first-order chi connectivity index (χ1) is 13.3. The van der Waals surface area contributed by atoms with Gasteiger partial charge in [-0.25, -0.2) is 0 Å². The number of hydrogen-bond donors (Lipinski definition) is 1. The Bertz CT molecular complexity index is 905. The summed E-state index contributed by atoms with van der Waals surface area (Å²) in [6.45, 7) is 2.74. The molecule has 1 aromatic heterocycles. The Morgan fingerprint density at radius 1 is 1.04 bits per heavy atom. The van der Waals surface area contributed by atoms with E-state index in [4.69, 9.17) is 9.26 Å². The molecule has 1 aliphatic carbocycles. The number of nitrogens with one attached hydrogen (secondary N) is 1. The molecule has 1 aliphatic heterocycles. The molecule has 1 saturated heterocycles. The first-order valence-electron chi connectivity index (χ1n) is 9.64. The van der Waals surface area contributed by atoms with E-state index in [9.17, 15) is 0 Å². The standard InChI is InChI=1S/C22H23N3O2.ClH/c1-2-4-18(5-3-1)26-15-16-6-8-17(9-7-16)20-24-21(27-25-20)19-14-22(19)10-12-23-13-11-22;/h1-9,19,23H,10-15H2;1H. The number of piperidine rings is 1. The smallest absolute Gasteiger partial charge is 0.230 e. The molecule has 5 rings (SSSR count). The van der Waals surface area contributed by atoms with Gasteiger partial charge in [-0.3, -0.25) is 0 Å². The monoisotopic (exact) mass is 397 g/mol. The Morgan fingerprint density at radius 3 is 2.54 bits per heavy atom. The van der Waals surface area contributed by atoms with Gasteiger partial charge in [0.25, 0.3) is 0 Å². The fourth-order valence-corrected chi connectivity index (χ4v) is 4.10. The van der Waals surface area contributed by atoms with E-state index < -0.39 is 0 Å². The lowest BCUT2D eigenvalue weighted by molar-refractivity contribution is 0.306. The Hall–Kier alpha value is -2.37. The minimum Gasteiger partial charge on any atom is -0.489 e. The first kappa shape index (κ1) is 19.0. The number of ether oxygens (including phenoxy) is 1. The highest BCUT2D eigenvalue weighted by Gasteiger charge is 2.57. The topological polar surface area (TPSA) is 60.2 Å². The maximum atomic E-state index is 5.79. The highest BCUT2D eigenvalue weighted by molar-refractivity contribution is 5.85. The second kappa shape index (κ2) is 7.94. The molecule has 0 amide bonds. The van der Waals surface area contributed by atoms with E-state index in [0.717, 1.165) is 35.9 Å². The number of benzene rings is 2. The third kappa shape index (κ3) is 3.77. The van der Waals surface area contributed by atoms with Crippen LogP contribution in [0.15, 0.2) is 59.1 Å². The minimum absolute atomic E-state index is 0. The highest BCUT2D eigenvalue weighted by Crippen LogP contribution is 2.63. The number of aromatic nitrogens is 2. The van der Waals surface area contributed by atoms with Crippen molar-refractivity contribution in [2.45, 2.75) is 31.8 Å². The number of halogens is 1. The zero-order valence-corrected chi connectivity index (χ0v) is 16.5. The van der Waals surface area contributed by atoms with Crippen molar-refractivity contribution in [3.05, 3.63) is 66.1 Å². The Morgan fingerprint density at radius 2 is 1.79 bits per heavy atom. The largest absolute Gasteiger partial charge is 0.489 e. The summed E-state index contributed by atoms with van der Waals surface area (Å²) < 4.78 is 11.4. The third-order valence-corrected chi connectivity index (χ3v) is 5.89. The summed E-state index contributed by atoms with van der Waals surface area (Å²) in [6, 6.07) is 18.0. The van der Waals surface area contributed by atoms with Crippen LogP contribution in [-0.2, 0) is 6.61 Å². The van der Waals surface area contributed by atoms with Gasteiger partial charge in [-0.05, 0) is 55.5 Å². The Balaban J connectivity index is 0.00000192. The average Bonchev–Trinajstić information content (AvgIpc) is 3.19. The molecule has 146 valence electrons. The zero-order chi connectivity index (χ0) is 18.1. The van der Waals surface area contributed by atoms with Gasteiger partial charge in [0.15, 0.2) is 0 Å². The van der Waals surface area contributed by atoms with Crippen LogP contribution >= 0.6 is 12.4 Å². The molecule has 6 heteroatoms. The molecule has 1 saturated carbocycles. The third-order valence-electron chi connectivity index (χ3n) is 5.89. The van der Waals surface area contributed by atoms with Crippen molar-refractivity contribution >= 4 is 12.4 Å². The second-order valence-electron chi connectivity index (χ2n) is 7.62. The van der Waals surface area contributed by atoms with Crippen LogP contribution in [0.4, 0.5) is 0 Å². The predicted molar refractivity (Wildman–Crippen MR) is 110 cm³/mol. The van der Waals surface area contributed by atoms with Crippen molar-refractivity contribution < 1.29 is 9.26 Å². The van der Waals surface area contributed by atoms with Crippen LogP contribution in [0.25, 0.3) is 11.4 Å². The quantitative estimate of drug-likeness (QED) is 0.682. The van der Waals surface area contributed by atoms with Crippen molar-refractivity contribution in [3.63, 3.8) is 0 Å². The SMILES string of the molecule is Cl.c1ccc(OCc2ccc(-c3noc(C4CC45CCNCC5)n3)cc2)cc1. The van der Waals surface area contributed by atoms with Gasteiger partial charge in [-0.1, -0.05) is 47.6 Å². The van der Waals surface area contributed by atoms with E-state index in [0.29, 0.717) is 23.8 Å². The van der Waals surface area contributed by atoms with Crippen molar-refractivity contribution in [1.29, 1.82) is 0 Å². The normalized spacial score (nSPS) is 19.8. The van der Waals surface area contributed by atoms with Gasteiger partial charge in [0, 0.05) is 11.5 Å². The lowest BCUT2D eigenvalue weighted by Crippen LogP contribution is -2.29. The molecular weight excluding hydrogens is 374 g/mol. The van der Waals surface area contributed by atoms with E-state index in [2.05, 4.69) is 27.6 Å². The van der Waals surface area contributed by atoms with E-state index in [-0.39, 0.29) is 12.4 Å². The molecule has 1 spiro atoms. The van der Waals surface area contributed by atoms with Crippen molar-refractivity contribution in [2.75, 3.05) is 13.1 Å². The van der Waals surface area contributed by atoms with Gasteiger partial charge in [0.2, 0.25) is 11.7 Å². The fourth-order valence-electron chi connectivity index (χ4n) is 4.10. The maximum absolute atomic E-state index is 5.79. The van der Waals surface area contributed by atoms with Crippen molar-refractivity contribution in [1.82, 2.24) is 15.5 Å². The van der Waals surface area contributed by atoms with Gasteiger partial charge in [0.05, 0.1) is 0 Å². The molecule has 2 heterocycles. The van der Waals surface area contributed by atoms with Crippen LogP contribution in [0.3, 0.4) is 0 Å². The summed E-state index contributed by atoms with van der Waals surface area (Å²) in [5, 5.41) is 7.65. The molecule has 2 aliphatic rings. The van der Waals surface area contributed by atoms with E-state index in [1.54, 1.807) is 0 Å². The molecule has 2 aromatic carbocycles. The second-order valence-corrected chi connectivity index (χ2v) is 7.62. The predicted octanol–water partition coefficient (Wildman–Crippen LogP) is 4.59. The number of hydrogen-bond acceptors (Lipinski definition) is 5. The van der Waals surface area contributed by atoms with Crippen LogP contribution in [-0.4, -0.2) is 23.2 Å². The molecule has 2 fully saturated rings. The van der Waals surface area contributed by atoms with Gasteiger partial charge in [-0.2, -0.15) is 4.98 Å². The number of para-hydroxylation sites is 1. The van der Waals surface area contributed by atoms with Gasteiger partial charge >= 0.3 is 0 Å². The van der Waals surface area contributed by atoms with Gasteiger partial charge in [0.1, 0.15) is 12.4 Å². The zero-order valence-electron chi connectivity index (χ0n) is 15.6. The van der Waals surface area contributed by atoms with Crippen LogP contribution in [0, 0.1) is 5.41 Å². The van der Waals surface area contributed by atoms with Crippen LogP contribution < -0.4 is 10.1 Å². The Kier molecular flexibility index (Phi) is 5.38. The Labute approximate surface area is 170 Å². The molecule has 0 bridgehead atoms.